The van der Waals surface area contributed by atoms with Gasteiger partial charge in [-0.3, -0.25) is 4.79 Å². The molecule has 0 saturated heterocycles. The minimum absolute atomic E-state index is 0.0939. The Bertz CT molecular complexity index is 1220. The van der Waals surface area contributed by atoms with Crippen LogP contribution >= 0.6 is 23.1 Å². The van der Waals surface area contributed by atoms with E-state index in [1.165, 1.54) is 11.8 Å². The van der Waals surface area contributed by atoms with E-state index in [9.17, 15) is 4.79 Å². The first-order valence-corrected chi connectivity index (χ1v) is 10.6. The molecule has 1 atom stereocenters. The molecule has 1 N–H and O–H groups in total. The lowest BCUT2D eigenvalue weighted by atomic mass is 10.1. The Balaban J connectivity index is 1.71. The third-order valence-electron chi connectivity index (χ3n) is 4.82. The molecule has 4 rings (SSSR count). The molecule has 4 aromatic rings. The molecule has 0 amide bonds. The molecule has 0 radical (unpaired) electrons. The molecule has 0 aliphatic carbocycles. The number of H-pyrrole nitrogens is 1. The molecule has 0 saturated carbocycles. The number of tetrazole rings is 1. The second-order valence-corrected chi connectivity index (χ2v) is 9.30. The van der Waals surface area contributed by atoms with Gasteiger partial charge in [-0.1, -0.05) is 30.0 Å². The predicted octanol–water partition coefficient (Wildman–Crippen LogP) is 4.05. The lowest BCUT2D eigenvalue weighted by molar-refractivity contribution is 0.745. The molecular formula is C19H20N6OS2. The number of aryl methyl sites for hydroxylation is 4. The maximum absolute atomic E-state index is 12.6. The molecule has 3 aromatic heterocycles. The zero-order chi connectivity index (χ0) is 20.0. The number of benzene rings is 1. The van der Waals surface area contributed by atoms with E-state index in [0.717, 1.165) is 32.1 Å². The first kappa shape index (κ1) is 18.8. The third kappa shape index (κ3) is 3.14. The molecule has 7 nitrogen and oxygen atoms in total. The van der Waals surface area contributed by atoms with Crippen molar-refractivity contribution in [2.24, 2.45) is 0 Å². The Morgan fingerprint density at radius 3 is 2.61 bits per heavy atom. The van der Waals surface area contributed by atoms with Crippen LogP contribution < -0.4 is 5.56 Å². The van der Waals surface area contributed by atoms with Crippen LogP contribution in [0, 0.1) is 27.7 Å². The fourth-order valence-electron chi connectivity index (χ4n) is 3.21. The summed E-state index contributed by atoms with van der Waals surface area (Å²) < 4.78 is 1.75. The summed E-state index contributed by atoms with van der Waals surface area (Å²) in [6.07, 6.45) is 0. The van der Waals surface area contributed by atoms with Crippen LogP contribution in [0.4, 0.5) is 0 Å². The molecule has 0 bridgehead atoms. The average molecular weight is 413 g/mol. The molecular weight excluding hydrogens is 392 g/mol. The molecule has 144 valence electrons. The van der Waals surface area contributed by atoms with Crippen molar-refractivity contribution in [1.29, 1.82) is 0 Å². The number of rotatable bonds is 4. The zero-order valence-electron chi connectivity index (χ0n) is 16.3. The van der Waals surface area contributed by atoms with E-state index >= 15 is 0 Å². The minimum Gasteiger partial charge on any atom is -0.309 e. The summed E-state index contributed by atoms with van der Waals surface area (Å²) in [5.74, 6) is 0.625. The van der Waals surface area contributed by atoms with Crippen LogP contribution in [0.5, 0.6) is 0 Å². The maximum Gasteiger partial charge on any atom is 0.259 e. The fraction of sp³-hybridized carbons (Fsp3) is 0.316. The van der Waals surface area contributed by atoms with E-state index in [-0.39, 0.29) is 10.8 Å². The number of fused-ring (bicyclic) bond motifs is 1. The van der Waals surface area contributed by atoms with Crippen LogP contribution in [-0.2, 0) is 0 Å². The number of hydrogen-bond donors (Lipinski definition) is 1. The molecule has 0 unspecified atom stereocenters. The summed E-state index contributed by atoms with van der Waals surface area (Å²) in [4.78, 5) is 22.1. The molecule has 0 aliphatic rings. The SMILES string of the molecule is Cc1cccc(C)c1-n1nnnc1S[C@H](C)c1nc2sc(C)c(C)c2c(=O)[nH]1. The van der Waals surface area contributed by atoms with E-state index in [4.69, 9.17) is 4.98 Å². The van der Waals surface area contributed by atoms with Gasteiger partial charge in [0.15, 0.2) is 0 Å². The molecule has 9 heteroatoms. The lowest BCUT2D eigenvalue weighted by Gasteiger charge is -2.13. The first-order valence-electron chi connectivity index (χ1n) is 8.88. The van der Waals surface area contributed by atoms with Crippen LogP contribution in [-0.4, -0.2) is 30.2 Å². The molecule has 0 aliphatic heterocycles. The summed E-state index contributed by atoms with van der Waals surface area (Å²) in [7, 11) is 0. The highest BCUT2D eigenvalue weighted by Crippen LogP contribution is 2.34. The van der Waals surface area contributed by atoms with Crippen molar-refractivity contribution < 1.29 is 0 Å². The Hall–Kier alpha value is -2.52. The number of aromatic nitrogens is 6. The van der Waals surface area contributed by atoms with Gasteiger partial charge in [0.2, 0.25) is 5.16 Å². The third-order valence-corrected chi connectivity index (χ3v) is 6.96. The Morgan fingerprint density at radius 2 is 1.89 bits per heavy atom. The normalized spacial score (nSPS) is 12.6. The highest BCUT2D eigenvalue weighted by atomic mass is 32.2. The van der Waals surface area contributed by atoms with Crippen LogP contribution in [0.1, 0.15) is 39.6 Å². The van der Waals surface area contributed by atoms with Gasteiger partial charge in [-0.05, 0) is 61.7 Å². The number of thiophene rings is 1. The minimum atomic E-state index is -0.117. The van der Waals surface area contributed by atoms with Gasteiger partial charge in [0.1, 0.15) is 10.7 Å². The molecule has 0 fully saturated rings. The monoisotopic (exact) mass is 412 g/mol. The van der Waals surface area contributed by atoms with E-state index < -0.39 is 0 Å². The number of nitrogens with one attached hydrogen (secondary N) is 1. The van der Waals surface area contributed by atoms with Crippen molar-refractivity contribution in [2.75, 3.05) is 0 Å². The van der Waals surface area contributed by atoms with E-state index in [1.807, 2.05) is 52.8 Å². The summed E-state index contributed by atoms with van der Waals surface area (Å²) in [5.41, 5.74) is 4.07. The smallest absolute Gasteiger partial charge is 0.259 e. The standard InChI is InChI=1S/C19H20N6OS2/c1-9-7-6-8-10(2)15(9)25-19(22-23-24-25)28-13(5)16-20-17(26)14-11(3)12(4)27-18(14)21-16/h6-8,13H,1-5H3,(H,20,21,26)/t13-/m1/s1. The van der Waals surface area contributed by atoms with Crippen molar-refractivity contribution in [1.82, 2.24) is 30.2 Å². The van der Waals surface area contributed by atoms with Crippen molar-refractivity contribution in [3.63, 3.8) is 0 Å². The van der Waals surface area contributed by atoms with Crippen LogP contribution in [0.15, 0.2) is 28.2 Å². The van der Waals surface area contributed by atoms with Gasteiger partial charge in [0.25, 0.3) is 5.56 Å². The van der Waals surface area contributed by atoms with Gasteiger partial charge in [-0.2, -0.15) is 4.68 Å². The van der Waals surface area contributed by atoms with Crippen molar-refractivity contribution in [2.45, 2.75) is 45.0 Å². The van der Waals surface area contributed by atoms with Gasteiger partial charge >= 0.3 is 0 Å². The van der Waals surface area contributed by atoms with Crippen molar-refractivity contribution in [3.05, 3.63) is 55.9 Å². The Labute approximate surface area is 170 Å². The van der Waals surface area contributed by atoms with E-state index in [1.54, 1.807) is 16.0 Å². The van der Waals surface area contributed by atoms with Gasteiger partial charge in [0.05, 0.1) is 16.3 Å². The number of hydrogen-bond acceptors (Lipinski definition) is 7. The van der Waals surface area contributed by atoms with Crippen LogP contribution in [0.25, 0.3) is 15.9 Å². The maximum atomic E-state index is 12.6. The number of para-hydroxylation sites is 1. The van der Waals surface area contributed by atoms with Crippen LogP contribution in [0.3, 0.4) is 0 Å². The molecule has 1 aromatic carbocycles. The second-order valence-electron chi connectivity index (χ2n) is 6.79. The van der Waals surface area contributed by atoms with Gasteiger partial charge in [-0.25, -0.2) is 4.98 Å². The number of aromatic amines is 1. The first-order chi connectivity index (χ1) is 13.4. The van der Waals surface area contributed by atoms with Crippen LogP contribution in [0.2, 0.25) is 0 Å². The number of thioether (sulfide) groups is 1. The van der Waals surface area contributed by atoms with Crippen molar-refractivity contribution >= 4 is 33.3 Å². The van der Waals surface area contributed by atoms with Gasteiger partial charge in [0, 0.05) is 4.88 Å². The fourth-order valence-corrected chi connectivity index (χ4v) is 5.10. The lowest BCUT2D eigenvalue weighted by Crippen LogP contribution is -2.13. The highest BCUT2D eigenvalue weighted by molar-refractivity contribution is 7.99. The summed E-state index contributed by atoms with van der Waals surface area (Å²) >= 11 is 3.02. The zero-order valence-corrected chi connectivity index (χ0v) is 17.9. The predicted molar refractivity (Wildman–Crippen MR) is 113 cm³/mol. The Morgan fingerprint density at radius 1 is 1.18 bits per heavy atom. The van der Waals surface area contributed by atoms with Crippen molar-refractivity contribution in [3.8, 4) is 5.69 Å². The van der Waals surface area contributed by atoms with Gasteiger partial charge in [-0.15, -0.1) is 16.4 Å². The topological polar surface area (TPSA) is 89.3 Å². The van der Waals surface area contributed by atoms with E-state index in [2.05, 4.69) is 20.5 Å². The highest BCUT2D eigenvalue weighted by Gasteiger charge is 2.20. The molecule has 28 heavy (non-hydrogen) atoms. The Kier molecular flexibility index (Phi) is 4.80. The quantitative estimate of drug-likeness (QED) is 0.509. The summed E-state index contributed by atoms with van der Waals surface area (Å²) in [6.45, 7) is 10.0. The summed E-state index contributed by atoms with van der Waals surface area (Å²) in [6, 6.07) is 6.09. The largest absolute Gasteiger partial charge is 0.309 e. The second kappa shape index (κ2) is 7.14. The van der Waals surface area contributed by atoms with E-state index in [0.29, 0.717) is 16.4 Å². The summed E-state index contributed by atoms with van der Waals surface area (Å²) in [5, 5.41) is 13.5. The van der Waals surface area contributed by atoms with Gasteiger partial charge < -0.3 is 4.98 Å². The number of nitrogens with zero attached hydrogens (tertiary/aromatic N) is 5. The molecule has 3 heterocycles. The average Bonchev–Trinajstić information content (AvgIpc) is 3.19. The molecule has 0 spiro atoms.